The maximum atomic E-state index is 13.0. The molecule has 0 saturated carbocycles. The molecule has 0 aromatic heterocycles. The highest BCUT2D eigenvalue weighted by atomic mass is 32.2. The lowest BCUT2D eigenvalue weighted by atomic mass is 10.1. The molecule has 94 valence electrons. The monoisotopic (exact) mass is 266 g/mol. The third-order valence-electron chi connectivity index (χ3n) is 2.44. The zero-order chi connectivity index (χ0) is 13.0. The summed E-state index contributed by atoms with van der Waals surface area (Å²) in [5.41, 5.74) is -1.18. The Morgan fingerprint density at radius 1 is 0.889 bits per heavy atom. The van der Waals surface area contributed by atoms with Crippen LogP contribution in [0.1, 0.15) is 0 Å². The summed E-state index contributed by atoms with van der Waals surface area (Å²) in [6.07, 6.45) is 1.30. The predicted octanol–water partition coefficient (Wildman–Crippen LogP) is 4.65. The molecular weight excluding hydrogens is 254 g/mol. The van der Waals surface area contributed by atoms with Crippen LogP contribution in [-0.4, -0.2) is 11.7 Å². The summed E-state index contributed by atoms with van der Waals surface area (Å²) in [5, 5.41) is 0. The number of alkyl halides is 2. The molecule has 0 atom stereocenters. The first-order valence-corrected chi connectivity index (χ1v) is 6.61. The molecule has 0 bridgehead atoms. The summed E-state index contributed by atoms with van der Waals surface area (Å²) in [6.45, 7) is 0. The highest BCUT2D eigenvalue weighted by Gasteiger charge is 2.30. The molecule has 2 aromatic carbocycles. The molecule has 0 heterocycles. The Morgan fingerprint density at radius 3 is 2.00 bits per heavy atom. The van der Waals surface area contributed by atoms with Crippen LogP contribution in [0.2, 0.25) is 0 Å². The van der Waals surface area contributed by atoms with Crippen molar-refractivity contribution >= 4 is 11.8 Å². The van der Waals surface area contributed by atoms with Crippen LogP contribution in [0.25, 0.3) is 11.1 Å². The Bertz CT molecular complexity index is 497. The first kappa shape index (κ1) is 12.9. The van der Waals surface area contributed by atoms with Crippen LogP contribution in [0.3, 0.4) is 0 Å². The second-order valence-electron chi connectivity index (χ2n) is 3.66. The Balaban J connectivity index is 2.16. The van der Waals surface area contributed by atoms with Gasteiger partial charge in [0, 0.05) is 0 Å². The van der Waals surface area contributed by atoms with Crippen LogP contribution in [-0.2, 0) is 0 Å². The fourth-order valence-electron chi connectivity index (χ4n) is 1.52. The van der Waals surface area contributed by atoms with Crippen molar-refractivity contribution in [2.24, 2.45) is 0 Å². The van der Waals surface area contributed by atoms with E-state index in [0.717, 1.165) is 11.1 Å². The normalized spacial score (nSPS) is 11.3. The molecule has 0 aliphatic rings. The lowest BCUT2D eigenvalue weighted by Crippen LogP contribution is -2.18. The second kappa shape index (κ2) is 5.40. The van der Waals surface area contributed by atoms with Gasteiger partial charge in [-0.05, 0) is 41.3 Å². The van der Waals surface area contributed by atoms with Crippen molar-refractivity contribution in [1.29, 1.82) is 0 Å². The van der Waals surface area contributed by atoms with E-state index in [1.165, 1.54) is 6.26 Å². The Hall–Kier alpha value is -1.55. The highest BCUT2D eigenvalue weighted by Crippen LogP contribution is 2.31. The second-order valence-corrected chi connectivity index (χ2v) is 4.54. The average Bonchev–Trinajstić information content (AvgIpc) is 2.40. The molecule has 2 aromatic rings. The lowest BCUT2D eigenvalue weighted by Gasteiger charge is -2.15. The Morgan fingerprint density at radius 2 is 1.44 bits per heavy atom. The quantitative estimate of drug-likeness (QED) is 0.745. The highest BCUT2D eigenvalue weighted by molar-refractivity contribution is 7.99. The van der Waals surface area contributed by atoms with Crippen molar-refractivity contribution in [2.75, 3.05) is 6.26 Å². The summed E-state index contributed by atoms with van der Waals surface area (Å²) < 4.78 is 30.6. The summed E-state index contributed by atoms with van der Waals surface area (Å²) >= 11 is 0.367. The number of thioether (sulfide) groups is 1. The van der Waals surface area contributed by atoms with E-state index in [0.29, 0.717) is 11.8 Å². The van der Waals surface area contributed by atoms with Gasteiger partial charge in [-0.3, -0.25) is 0 Å². The maximum Gasteiger partial charge on any atom is 0.452 e. The van der Waals surface area contributed by atoms with Gasteiger partial charge in [-0.25, -0.2) is 0 Å². The van der Waals surface area contributed by atoms with Gasteiger partial charge in [-0.2, -0.15) is 8.78 Å². The molecule has 18 heavy (non-hydrogen) atoms. The zero-order valence-corrected chi connectivity index (χ0v) is 10.6. The fraction of sp³-hybridized carbons (Fsp3) is 0.143. The van der Waals surface area contributed by atoms with Gasteiger partial charge in [0.1, 0.15) is 5.75 Å². The third kappa shape index (κ3) is 3.23. The van der Waals surface area contributed by atoms with Gasteiger partial charge in [0.15, 0.2) is 0 Å². The zero-order valence-electron chi connectivity index (χ0n) is 9.77. The van der Waals surface area contributed by atoms with Gasteiger partial charge in [0.25, 0.3) is 0 Å². The molecule has 0 spiro atoms. The largest absolute Gasteiger partial charge is 0.452 e. The van der Waals surface area contributed by atoms with Crippen molar-refractivity contribution in [3.8, 4) is 16.9 Å². The van der Waals surface area contributed by atoms with Crippen molar-refractivity contribution < 1.29 is 13.5 Å². The van der Waals surface area contributed by atoms with Crippen LogP contribution in [0.5, 0.6) is 5.75 Å². The summed E-state index contributed by atoms with van der Waals surface area (Å²) in [6, 6.07) is 16.4. The molecule has 0 N–H and O–H groups in total. The number of ether oxygens (including phenoxy) is 1. The van der Waals surface area contributed by atoms with Crippen LogP contribution < -0.4 is 4.74 Å². The molecular formula is C14H12F2OS. The molecule has 0 aliphatic heterocycles. The lowest BCUT2D eigenvalue weighted by molar-refractivity contribution is -0.0875. The molecule has 1 nitrogen and oxygen atoms in total. The van der Waals surface area contributed by atoms with E-state index in [1.807, 2.05) is 30.3 Å². The van der Waals surface area contributed by atoms with Gasteiger partial charge < -0.3 is 4.74 Å². The van der Waals surface area contributed by atoms with E-state index in [2.05, 4.69) is 4.74 Å². The SMILES string of the molecule is CSC(F)(F)Oc1ccc(-c2ccccc2)cc1. The standard InChI is InChI=1S/C14H12F2OS/c1-18-14(15,16)17-13-9-7-12(8-10-13)11-5-3-2-4-6-11/h2-10H,1H3. The van der Waals surface area contributed by atoms with E-state index >= 15 is 0 Å². The van der Waals surface area contributed by atoms with Crippen molar-refractivity contribution in [3.63, 3.8) is 0 Å². The van der Waals surface area contributed by atoms with Crippen molar-refractivity contribution in [2.45, 2.75) is 5.44 Å². The van der Waals surface area contributed by atoms with Crippen LogP contribution in [0, 0.1) is 0 Å². The summed E-state index contributed by atoms with van der Waals surface area (Å²) in [5.74, 6) is 0.161. The van der Waals surface area contributed by atoms with E-state index in [9.17, 15) is 8.78 Å². The van der Waals surface area contributed by atoms with Gasteiger partial charge in [-0.15, -0.1) is 0 Å². The third-order valence-corrected chi connectivity index (χ3v) is 2.99. The van der Waals surface area contributed by atoms with Gasteiger partial charge in [-0.1, -0.05) is 42.5 Å². The van der Waals surface area contributed by atoms with Crippen molar-refractivity contribution in [1.82, 2.24) is 0 Å². The minimum absolute atomic E-state index is 0.161. The average molecular weight is 266 g/mol. The molecule has 0 unspecified atom stereocenters. The summed E-state index contributed by atoms with van der Waals surface area (Å²) in [7, 11) is 0. The topological polar surface area (TPSA) is 9.23 Å². The number of rotatable bonds is 4. The minimum Gasteiger partial charge on any atom is -0.424 e. The summed E-state index contributed by atoms with van der Waals surface area (Å²) in [4.78, 5) is 0. The Labute approximate surface area is 109 Å². The minimum atomic E-state index is -3.19. The van der Waals surface area contributed by atoms with Gasteiger partial charge in [0.05, 0.1) is 0 Å². The fourth-order valence-corrected chi connectivity index (χ4v) is 1.70. The van der Waals surface area contributed by atoms with E-state index in [4.69, 9.17) is 0 Å². The smallest absolute Gasteiger partial charge is 0.424 e. The van der Waals surface area contributed by atoms with E-state index in [-0.39, 0.29) is 5.75 Å². The van der Waals surface area contributed by atoms with Gasteiger partial charge >= 0.3 is 5.44 Å². The molecule has 0 fully saturated rings. The molecule has 0 radical (unpaired) electrons. The number of halogens is 2. The number of benzene rings is 2. The molecule has 0 amide bonds. The van der Waals surface area contributed by atoms with E-state index in [1.54, 1.807) is 24.3 Å². The predicted molar refractivity (Wildman–Crippen MR) is 71.0 cm³/mol. The molecule has 0 aliphatic carbocycles. The molecule has 2 rings (SSSR count). The molecule has 4 heteroatoms. The number of hydrogen-bond acceptors (Lipinski definition) is 2. The van der Waals surface area contributed by atoms with E-state index < -0.39 is 5.44 Å². The molecule has 0 saturated heterocycles. The van der Waals surface area contributed by atoms with Crippen LogP contribution >= 0.6 is 11.8 Å². The van der Waals surface area contributed by atoms with Gasteiger partial charge in [0.2, 0.25) is 0 Å². The van der Waals surface area contributed by atoms with Crippen LogP contribution in [0.15, 0.2) is 54.6 Å². The van der Waals surface area contributed by atoms with Crippen molar-refractivity contribution in [3.05, 3.63) is 54.6 Å². The Kier molecular flexibility index (Phi) is 3.87. The first-order chi connectivity index (χ1) is 8.61. The number of hydrogen-bond donors (Lipinski definition) is 0. The maximum absolute atomic E-state index is 13.0. The van der Waals surface area contributed by atoms with Crippen LogP contribution in [0.4, 0.5) is 8.78 Å². The first-order valence-electron chi connectivity index (χ1n) is 5.38.